The summed E-state index contributed by atoms with van der Waals surface area (Å²) in [5, 5.41) is 12.8. The molecule has 0 heterocycles. The molecule has 0 amide bonds. The lowest BCUT2D eigenvalue weighted by atomic mass is 10.1. The quantitative estimate of drug-likeness (QED) is 0.705. The highest BCUT2D eigenvalue weighted by Gasteiger charge is 2.09. The molecule has 2 N–H and O–H groups in total. The first-order chi connectivity index (χ1) is 12.1. The molecule has 0 saturated heterocycles. The first-order valence-corrected chi connectivity index (χ1v) is 8.53. The van der Waals surface area contributed by atoms with Crippen molar-refractivity contribution >= 4 is 11.6 Å². The van der Waals surface area contributed by atoms with Crippen molar-refractivity contribution in [2.45, 2.75) is 32.5 Å². The lowest BCUT2D eigenvalue weighted by Crippen LogP contribution is -2.31. The van der Waals surface area contributed by atoms with Crippen LogP contribution in [0, 0.1) is 5.82 Å². The van der Waals surface area contributed by atoms with Crippen LogP contribution >= 0.6 is 11.6 Å². The second kappa shape index (κ2) is 9.61. The van der Waals surface area contributed by atoms with Gasteiger partial charge in [-0.1, -0.05) is 30.7 Å². The molecule has 0 aliphatic rings. The van der Waals surface area contributed by atoms with Gasteiger partial charge in [-0.3, -0.25) is 0 Å². The summed E-state index contributed by atoms with van der Waals surface area (Å²) in [5.41, 5.74) is 1.72. The molecule has 6 heteroatoms. The first kappa shape index (κ1) is 19.5. The zero-order chi connectivity index (χ0) is 18.2. The third-order valence-electron chi connectivity index (χ3n) is 3.93. The molecule has 0 aliphatic heterocycles. The summed E-state index contributed by atoms with van der Waals surface area (Å²) in [6.45, 7) is 2.97. The van der Waals surface area contributed by atoms with Crippen molar-refractivity contribution in [1.82, 2.24) is 5.32 Å². The van der Waals surface area contributed by atoms with Crippen LogP contribution in [0.4, 0.5) is 4.39 Å². The molecule has 4 nitrogen and oxygen atoms in total. The molecule has 0 saturated carbocycles. The molecule has 0 radical (unpaired) electrons. The Morgan fingerprint density at radius 1 is 1.20 bits per heavy atom. The van der Waals surface area contributed by atoms with E-state index in [0.717, 1.165) is 12.0 Å². The molecule has 0 bridgehead atoms. The Hall–Kier alpha value is -1.82. The van der Waals surface area contributed by atoms with Gasteiger partial charge in [-0.25, -0.2) is 4.39 Å². The number of benzene rings is 2. The van der Waals surface area contributed by atoms with Crippen molar-refractivity contribution in [2.75, 3.05) is 13.7 Å². The van der Waals surface area contributed by atoms with E-state index in [-0.39, 0.29) is 25.1 Å². The van der Waals surface area contributed by atoms with Gasteiger partial charge in [0.05, 0.1) is 18.7 Å². The number of aliphatic hydroxyl groups excluding tert-OH is 1. The normalized spacial score (nSPS) is 12.0. The number of hydrogen-bond acceptors (Lipinski definition) is 4. The van der Waals surface area contributed by atoms with E-state index in [1.54, 1.807) is 13.2 Å². The Kier molecular flexibility index (Phi) is 7.50. The number of ether oxygens (including phenoxy) is 2. The van der Waals surface area contributed by atoms with Crippen molar-refractivity contribution in [3.05, 3.63) is 58.4 Å². The topological polar surface area (TPSA) is 50.7 Å². The minimum atomic E-state index is -0.378. The maximum atomic E-state index is 13.1. The Morgan fingerprint density at radius 2 is 2.00 bits per heavy atom. The minimum absolute atomic E-state index is 0.0718. The van der Waals surface area contributed by atoms with Crippen LogP contribution in [0.3, 0.4) is 0 Å². The monoisotopic (exact) mass is 367 g/mol. The van der Waals surface area contributed by atoms with Crippen LogP contribution < -0.4 is 14.8 Å². The fraction of sp³-hybridized carbons (Fsp3) is 0.368. The number of methoxy groups -OCH3 is 1. The van der Waals surface area contributed by atoms with Gasteiger partial charge in [0.2, 0.25) is 0 Å². The molecular formula is C19H23ClFNO3. The van der Waals surface area contributed by atoms with Crippen molar-refractivity contribution in [1.29, 1.82) is 0 Å². The van der Waals surface area contributed by atoms with Crippen molar-refractivity contribution in [2.24, 2.45) is 0 Å². The van der Waals surface area contributed by atoms with Crippen LogP contribution in [0.5, 0.6) is 11.5 Å². The average molecular weight is 368 g/mol. The van der Waals surface area contributed by atoms with Gasteiger partial charge in [-0.05, 0) is 36.2 Å². The summed E-state index contributed by atoms with van der Waals surface area (Å²) in [6.07, 6.45) is 0.854. The number of halogens is 2. The Morgan fingerprint density at radius 3 is 2.64 bits per heavy atom. The van der Waals surface area contributed by atoms with Crippen molar-refractivity contribution < 1.29 is 19.0 Å². The van der Waals surface area contributed by atoms with Gasteiger partial charge in [0.15, 0.2) is 11.5 Å². The number of aliphatic hydroxyl groups is 1. The summed E-state index contributed by atoms with van der Waals surface area (Å²) < 4.78 is 24.2. The first-order valence-electron chi connectivity index (χ1n) is 8.15. The van der Waals surface area contributed by atoms with Crippen LogP contribution in [0.1, 0.15) is 24.5 Å². The molecule has 1 atom stereocenters. The second-order valence-corrected chi connectivity index (χ2v) is 6.09. The second-order valence-electron chi connectivity index (χ2n) is 5.68. The maximum Gasteiger partial charge on any atom is 0.161 e. The van der Waals surface area contributed by atoms with Crippen LogP contribution in [-0.4, -0.2) is 24.9 Å². The summed E-state index contributed by atoms with van der Waals surface area (Å²) in [7, 11) is 1.58. The van der Waals surface area contributed by atoms with E-state index in [4.69, 9.17) is 21.1 Å². The smallest absolute Gasteiger partial charge is 0.161 e. The summed E-state index contributed by atoms with van der Waals surface area (Å²) in [5.74, 6) is 0.812. The van der Waals surface area contributed by atoms with Gasteiger partial charge in [0, 0.05) is 18.2 Å². The fourth-order valence-corrected chi connectivity index (χ4v) is 2.56. The van der Waals surface area contributed by atoms with E-state index in [1.807, 2.05) is 25.1 Å². The molecule has 136 valence electrons. The maximum absolute atomic E-state index is 13.1. The summed E-state index contributed by atoms with van der Waals surface area (Å²) >= 11 is 6.01. The van der Waals surface area contributed by atoms with Crippen molar-refractivity contribution in [3.63, 3.8) is 0 Å². The SMILES string of the molecule is CC[C@@H](CO)NCc1ccc(OCc2ccc(F)cc2Cl)c(OC)c1. The van der Waals surface area contributed by atoms with Gasteiger partial charge >= 0.3 is 0 Å². The van der Waals surface area contributed by atoms with E-state index >= 15 is 0 Å². The number of rotatable bonds is 9. The highest BCUT2D eigenvalue weighted by Crippen LogP contribution is 2.29. The third kappa shape index (κ3) is 5.59. The molecule has 0 aliphatic carbocycles. The third-order valence-corrected chi connectivity index (χ3v) is 4.29. The summed E-state index contributed by atoms with van der Waals surface area (Å²) in [4.78, 5) is 0. The molecule has 2 aromatic rings. The van der Waals surface area contributed by atoms with Gasteiger partial charge < -0.3 is 19.9 Å². The van der Waals surface area contributed by atoms with Crippen LogP contribution in [0.25, 0.3) is 0 Å². The zero-order valence-corrected chi connectivity index (χ0v) is 15.1. The minimum Gasteiger partial charge on any atom is -0.493 e. The van der Waals surface area contributed by atoms with Crippen LogP contribution in [0.2, 0.25) is 5.02 Å². The highest BCUT2D eigenvalue weighted by atomic mass is 35.5. The highest BCUT2D eigenvalue weighted by molar-refractivity contribution is 6.31. The van der Waals surface area contributed by atoms with E-state index < -0.39 is 0 Å². The lowest BCUT2D eigenvalue weighted by molar-refractivity contribution is 0.238. The Bertz CT molecular complexity index is 692. The summed E-state index contributed by atoms with van der Waals surface area (Å²) in [6, 6.07) is 9.93. The largest absolute Gasteiger partial charge is 0.493 e. The van der Waals surface area contributed by atoms with E-state index in [9.17, 15) is 9.50 Å². The predicted molar refractivity (Wildman–Crippen MR) is 96.7 cm³/mol. The fourth-order valence-electron chi connectivity index (χ4n) is 2.34. The molecule has 2 aromatic carbocycles. The molecule has 0 fully saturated rings. The van der Waals surface area contributed by atoms with Gasteiger partial charge in [0.25, 0.3) is 0 Å². The van der Waals surface area contributed by atoms with Crippen LogP contribution in [0.15, 0.2) is 36.4 Å². The molecule has 0 unspecified atom stereocenters. The molecule has 25 heavy (non-hydrogen) atoms. The van der Waals surface area contributed by atoms with Crippen LogP contribution in [-0.2, 0) is 13.2 Å². The standard InChI is InChI=1S/C19H23ClFNO3/c1-3-16(11-23)22-10-13-4-7-18(19(8-13)24-2)25-12-14-5-6-15(21)9-17(14)20/h4-9,16,22-23H,3,10-12H2,1-2H3/t16-/m0/s1. The molecule has 2 rings (SSSR count). The Labute approximate surface area is 152 Å². The van der Waals surface area contributed by atoms with Crippen molar-refractivity contribution in [3.8, 4) is 11.5 Å². The van der Waals surface area contributed by atoms with Gasteiger partial charge in [-0.2, -0.15) is 0 Å². The van der Waals surface area contributed by atoms with Gasteiger partial charge in [-0.15, -0.1) is 0 Å². The molecule has 0 aromatic heterocycles. The van der Waals surface area contributed by atoms with E-state index in [0.29, 0.717) is 28.6 Å². The van der Waals surface area contributed by atoms with Gasteiger partial charge in [0.1, 0.15) is 12.4 Å². The van der Waals surface area contributed by atoms with E-state index in [1.165, 1.54) is 12.1 Å². The predicted octanol–water partition coefficient (Wildman–Crippen LogP) is 3.93. The average Bonchev–Trinajstić information content (AvgIpc) is 2.62. The van der Waals surface area contributed by atoms with E-state index in [2.05, 4.69) is 5.32 Å². The Balaban J connectivity index is 2.03. The number of nitrogens with one attached hydrogen (secondary N) is 1. The number of hydrogen-bond donors (Lipinski definition) is 2. The lowest BCUT2D eigenvalue weighted by Gasteiger charge is -2.16. The molecular weight excluding hydrogens is 345 g/mol. The molecule has 0 spiro atoms. The zero-order valence-electron chi connectivity index (χ0n) is 14.4.